The van der Waals surface area contributed by atoms with E-state index >= 15 is 0 Å². The molecule has 0 radical (unpaired) electrons. The molecule has 34 N–H and O–H groups in total. The molecule has 0 aromatic carbocycles. The van der Waals surface area contributed by atoms with Gasteiger partial charge in [-0.15, -0.1) is 0 Å². The zero-order chi connectivity index (χ0) is 102. The van der Waals surface area contributed by atoms with Crippen LogP contribution in [0.2, 0.25) is 0 Å². The first-order valence-electron chi connectivity index (χ1n) is 44.5. The van der Waals surface area contributed by atoms with Crippen molar-refractivity contribution in [3.05, 3.63) is 0 Å². The molecule has 11 aliphatic rings. The van der Waals surface area contributed by atoms with Gasteiger partial charge in [0.1, 0.15) is 262 Å². The number of aliphatic hydroxyl groups excluding tert-OH is 28. The first kappa shape index (κ1) is 114. The minimum atomic E-state index is -2.77. The lowest BCUT2D eigenvalue weighted by molar-refractivity contribution is -0.404. The second-order valence-electron chi connectivity index (χ2n) is 35.3. The van der Waals surface area contributed by atoms with Gasteiger partial charge in [0.15, 0.2) is 69.2 Å². The molecule has 0 aromatic rings. The molecular formula is C78H130N6O55. The van der Waals surface area contributed by atoms with Crippen molar-refractivity contribution in [2.24, 2.45) is 0 Å². The number of carbonyl (C=O) groups is 6. The van der Waals surface area contributed by atoms with Crippen LogP contribution in [0.5, 0.6) is 0 Å². The van der Waals surface area contributed by atoms with Crippen LogP contribution in [0.3, 0.4) is 0 Å². The highest BCUT2D eigenvalue weighted by Gasteiger charge is 2.63. The molecule has 0 aromatic heterocycles. The van der Waals surface area contributed by atoms with Gasteiger partial charge in [0.05, 0.1) is 72.2 Å². The number of carbonyl (C=O) groups excluding carboxylic acids is 6. The van der Waals surface area contributed by atoms with E-state index in [0.29, 0.717) is 0 Å². The third-order valence-corrected chi connectivity index (χ3v) is 25.3. The minimum absolute atomic E-state index is 0.840. The Morgan fingerprint density at radius 1 is 0.201 bits per heavy atom. The maximum atomic E-state index is 13.5. The summed E-state index contributed by atoms with van der Waals surface area (Å²) in [5.41, 5.74) is 0. The molecule has 0 aliphatic carbocycles. The van der Waals surface area contributed by atoms with Crippen molar-refractivity contribution in [2.45, 2.75) is 386 Å². The number of ether oxygens (including phenoxy) is 21. The van der Waals surface area contributed by atoms with Crippen LogP contribution in [0.25, 0.3) is 0 Å². The maximum absolute atomic E-state index is 13.5. The van der Waals surface area contributed by atoms with Crippen molar-refractivity contribution in [1.82, 2.24) is 31.9 Å². The van der Waals surface area contributed by atoms with Crippen molar-refractivity contribution >= 4 is 35.4 Å². The lowest BCUT2D eigenvalue weighted by Crippen LogP contribution is -2.71. The van der Waals surface area contributed by atoms with E-state index in [1.54, 1.807) is 0 Å². The first-order chi connectivity index (χ1) is 65.6. The van der Waals surface area contributed by atoms with Crippen LogP contribution in [-0.2, 0) is 128 Å². The third kappa shape index (κ3) is 26.0. The zero-order valence-electron chi connectivity index (χ0n) is 75.4. The second-order valence-corrected chi connectivity index (χ2v) is 35.3. The molecule has 802 valence electrons. The van der Waals surface area contributed by atoms with Gasteiger partial charge in [-0.2, -0.15) is 0 Å². The fraction of sp³-hybridized carbons (Fsp3) is 0.923. The normalized spacial score (nSPS) is 48.3. The van der Waals surface area contributed by atoms with Crippen molar-refractivity contribution in [2.75, 3.05) is 66.1 Å². The monoisotopic (exact) mass is 2030 g/mol. The average Bonchev–Trinajstić information content (AvgIpc) is 0.758. The molecule has 139 heavy (non-hydrogen) atoms. The van der Waals surface area contributed by atoms with Crippen molar-refractivity contribution in [3.63, 3.8) is 0 Å². The van der Waals surface area contributed by atoms with E-state index in [-0.39, 0.29) is 0 Å². The van der Waals surface area contributed by atoms with Crippen LogP contribution >= 0.6 is 0 Å². The summed E-state index contributed by atoms with van der Waals surface area (Å²) in [4.78, 5) is 77.8. The van der Waals surface area contributed by atoms with Crippen LogP contribution in [0, 0.1) is 0 Å². The molecule has 55 atom stereocenters. The Hall–Kier alpha value is -5.14. The Balaban J connectivity index is 0.999. The Kier molecular flexibility index (Phi) is 41.1. The molecule has 6 amide bonds. The maximum Gasteiger partial charge on any atom is 0.217 e. The van der Waals surface area contributed by atoms with Crippen molar-refractivity contribution in [3.8, 4) is 0 Å². The summed E-state index contributed by atoms with van der Waals surface area (Å²) in [7, 11) is 0. The van der Waals surface area contributed by atoms with E-state index in [2.05, 4.69) is 31.9 Å². The number of rotatable bonds is 36. The molecule has 11 rings (SSSR count). The third-order valence-electron chi connectivity index (χ3n) is 25.3. The molecular weight excluding hydrogens is 1900 g/mol. The molecule has 1 unspecified atom stereocenters. The second kappa shape index (κ2) is 50.0. The molecule has 0 spiro atoms. The summed E-state index contributed by atoms with van der Waals surface area (Å²) >= 11 is 0. The first-order valence-corrected chi connectivity index (χ1v) is 44.5. The number of nitrogens with one attached hydrogen (secondary N) is 6. The topological polar surface area (TPSA) is 935 Å². The van der Waals surface area contributed by atoms with Gasteiger partial charge in [0.25, 0.3) is 0 Å². The Bertz CT molecular complexity index is 3900. The van der Waals surface area contributed by atoms with E-state index in [1.807, 2.05) is 0 Å². The predicted molar refractivity (Wildman–Crippen MR) is 430 cm³/mol. The molecule has 11 heterocycles. The van der Waals surface area contributed by atoms with Gasteiger partial charge in [0, 0.05) is 41.5 Å². The molecule has 61 heteroatoms. The van der Waals surface area contributed by atoms with Gasteiger partial charge in [0.2, 0.25) is 35.4 Å². The van der Waals surface area contributed by atoms with Gasteiger partial charge in [-0.1, -0.05) is 0 Å². The highest BCUT2D eigenvalue weighted by Crippen LogP contribution is 2.42. The fourth-order valence-corrected chi connectivity index (χ4v) is 18.0. The van der Waals surface area contributed by atoms with Gasteiger partial charge < -0.3 is 274 Å². The van der Waals surface area contributed by atoms with Crippen molar-refractivity contribution < 1.29 is 271 Å². The highest BCUT2D eigenvalue weighted by atomic mass is 16.8. The van der Waals surface area contributed by atoms with E-state index in [4.69, 9.17) is 99.5 Å². The quantitative estimate of drug-likeness (QED) is 0.0277. The van der Waals surface area contributed by atoms with Gasteiger partial charge in [-0.25, -0.2) is 0 Å². The summed E-state index contributed by atoms with van der Waals surface area (Å²) in [6, 6.07) is -11.5. The zero-order valence-corrected chi connectivity index (χ0v) is 75.4. The Morgan fingerprint density at radius 3 is 0.950 bits per heavy atom. The Morgan fingerprint density at radius 2 is 0.475 bits per heavy atom. The standard InChI is InChI=1S/C78H130N6O55/c1-18-41(98)54(111)57(114)74(122-18)120-17-34-63(52(109)35(68(118)123-34)79-19(2)92)134-72-39(83-23(6)96)53(110)61(30(13-90)129-72)135-76-60(117)65(48(105)33(131-76)16-121-77-66(138-70-37(81-21(4)94)50(107)43(100)26(9-86)125-70)56(113)46(103)32(132-77)15-119-69-36(80-20(3)93)49(106)42(99)25(8-85)124-69)137-78-67(139-71-38(82-22(5)95)51(108)44(101)27(10-87)126-71)59(116)62(31(14-91)130-78)133-73-40(84-24(7)97)64(47(104)29(12-89)127-73)136-75-58(115)55(112)45(102)28(11-88)128-75/h18,25-78,85-91,98-118H,8-17H2,1-7H3,(H,79,92)(H,80,93)(H,81,94)(H,82,95)(H,83,96)(H,84,97)/t18-,25+,26+,27+,28+,29+,30+,31+,32+,33+,34+,35+,36+,37+,38+,39+,40+,41+,42+,43+,44+,45-,46+,47+,48+,49+,50+,51+,52+,53+,54+,55-,56-,57-,58+,59-,60-,61+,62+,63+,64+,65-,66-,67-,68?,69+,70-,71-,72-,73-,74+,75-,76-,77-,78+/m0/s1. The van der Waals surface area contributed by atoms with Crippen LogP contribution in [0.15, 0.2) is 0 Å². The number of hydrogen-bond donors (Lipinski definition) is 34. The minimum Gasteiger partial charge on any atom is -0.394 e. The Labute approximate surface area is 788 Å². The van der Waals surface area contributed by atoms with Crippen LogP contribution in [0.1, 0.15) is 48.5 Å². The lowest BCUT2D eigenvalue weighted by atomic mass is 9.93. The SMILES string of the molecule is CC(=O)N[C@H]1[C@H](O[C@H]2[C@H](O)[C@@H](NC(C)=O)C(O)O[C@@H]2CO[C@@H]2O[C@@H](C)[C@@H](O)[C@@H](O)[C@@H]2O)O[C@H](CO)[C@@H](O[C@@H]2O[C@H](CO[C@H]3O[C@H](CO[C@@H]4O[C@H](CO)[C@@H](O)[C@H](O)[C@H]4NC(C)=O)[C@@H](O)[C@H](O)[C@@H]3O[C@@H]3O[C@H](CO)[C@@H](O)[C@H](O)[C@H]3NC(C)=O)[C@@H](O)[C@H](O[C@H]3O[C@H](CO)[C@@H](O[C@@H]4O[C@H](CO)[C@@H](O)[C@H](O[C@@H]5O[C@H](CO)[C@H](O)[C@H](O)[C@H]5O)[C@H]4NC(C)=O)[C@H](O)[C@@H]3O[C@@H]3O[C@H](CO)[C@@H](O)[C@H](O)[C@H]3NC(C)=O)[C@@H]2O)[C@@H]1O. The summed E-state index contributed by atoms with van der Waals surface area (Å²) in [6.07, 6.45) is -105. The van der Waals surface area contributed by atoms with E-state index in [9.17, 15) is 172 Å². The summed E-state index contributed by atoms with van der Waals surface area (Å²) in [5, 5.41) is 333. The van der Waals surface area contributed by atoms with E-state index < -0.39 is 439 Å². The van der Waals surface area contributed by atoms with Crippen LogP contribution < -0.4 is 31.9 Å². The number of hydrogen-bond acceptors (Lipinski definition) is 55. The largest absolute Gasteiger partial charge is 0.394 e. The summed E-state index contributed by atoms with van der Waals surface area (Å²) < 4.78 is 127. The fourth-order valence-electron chi connectivity index (χ4n) is 18.0. The number of aliphatic hydroxyl groups is 28. The van der Waals surface area contributed by atoms with Crippen molar-refractivity contribution in [1.29, 1.82) is 0 Å². The summed E-state index contributed by atoms with van der Waals surface area (Å²) in [6.45, 7) is -4.59. The highest BCUT2D eigenvalue weighted by molar-refractivity contribution is 5.75. The molecule has 11 aliphatic heterocycles. The molecule has 11 saturated heterocycles. The van der Waals surface area contributed by atoms with E-state index in [1.165, 1.54) is 6.92 Å². The summed E-state index contributed by atoms with van der Waals surface area (Å²) in [5.74, 6) is -5.70. The van der Waals surface area contributed by atoms with Gasteiger partial charge >= 0.3 is 0 Å². The van der Waals surface area contributed by atoms with E-state index in [0.717, 1.165) is 41.5 Å². The molecule has 0 bridgehead atoms. The van der Waals surface area contributed by atoms with Crippen LogP contribution in [0.4, 0.5) is 0 Å². The number of amides is 6. The van der Waals surface area contributed by atoms with Crippen LogP contribution in [-0.4, -0.2) is 582 Å². The van der Waals surface area contributed by atoms with Gasteiger partial charge in [-0.3, -0.25) is 28.8 Å². The smallest absolute Gasteiger partial charge is 0.217 e. The van der Waals surface area contributed by atoms with Gasteiger partial charge in [-0.05, 0) is 6.92 Å². The molecule has 0 saturated carbocycles. The predicted octanol–water partition coefficient (Wildman–Crippen LogP) is -23.1. The average molecular weight is 2030 g/mol. The molecule has 11 fully saturated rings. The lowest BCUT2D eigenvalue weighted by Gasteiger charge is -2.52. The molecule has 61 nitrogen and oxygen atoms in total.